The lowest BCUT2D eigenvalue weighted by molar-refractivity contribution is 0.322. The predicted octanol–water partition coefficient (Wildman–Crippen LogP) is 3.96. The van der Waals surface area contributed by atoms with Crippen molar-refractivity contribution in [2.45, 2.75) is 70.0 Å². The Balaban J connectivity index is 1.33. The van der Waals surface area contributed by atoms with Crippen LogP contribution in [0.25, 0.3) is 0 Å². The molecule has 1 aromatic carbocycles. The van der Waals surface area contributed by atoms with Crippen molar-refractivity contribution in [1.29, 1.82) is 0 Å². The molecule has 0 spiro atoms. The second kappa shape index (κ2) is 11.1. The molecule has 1 saturated carbocycles. The lowest BCUT2D eigenvalue weighted by Crippen LogP contribution is -2.37. The Morgan fingerprint density at radius 1 is 0.882 bits per heavy atom. The van der Waals surface area contributed by atoms with Crippen LogP contribution < -0.4 is 29.7 Å². The van der Waals surface area contributed by atoms with E-state index < -0.39 is 0 Å². The number of nitrogens with zero attached hydrogens (tertiary/aromatic N) is 3. The summed E-state index contributed by atoms with van der Waals surface area (Å²) in [6.45, 7) is 0.763. The Labute approximate surface area is 203 Å². The summed E-state index contributed by atoms with van der Waals surface area (Å²) in [6.07, 6.45) is 9.05. The Hall–Kier alpha value is -2.74. The van der Waals surface area contributed by atoms with Crippen molar-refractivity contribution in [2.24, 2.45) is 0 Å². The van der Waals surface area contributed by atoms with Crippen LogP contribution in [0.15, 0.2) is 12.1 Å². The fraction of sp³-hybridized carbons (Fsp3) is 0.615. The summed E-state index contributed by atoms with van der Waals surface area (Å²) in [7, 11) is 9.08. The molecule has 2 aromatic rings. The normalized spacial score (nSPS) is 19.8. The average Bonchev–Trinajstić information content (AvgIpc) is 2.87. The van der Waals surface area contributed by atoms with Gasteiger partial charge in [0.2, 0.25) is 11.7 Å². The maximum absolute atomic E-state index is 5.48. The van der Waals surface area contributed by atoms with Gasteiger partial charge in [0.25, 0.3) is 0 Å². The van der Waals surface area contributed by atoms with Crippen LogP contribution in [-0.2, 0) is 19.4 Å². The van der Waals surface area contributed by atoms with Gasteiger partial charge in [-0.25, -0.2) is 4.98 Å². The molecule has 186 valence electrons. The average molecular weight is 470 g/mol. The number of ether oxygens (including phenoxy) is 3. The zero-order valence-corrected chi connectivity index (χ0v) is 21.2. The maximum atomic E-state index is 5.48. The summed E-state index contributed by atoms with van der Waals surface area (Å²) in [4.78, 5) is 11.9. The van der Waals surface area contributed by atoms with E-state index >= 15 is 0 Å². The molecule has 1 fully saturated rings. The smallest absolute Gasteiger partial charge is 0.225 e. The minimum absolute atomic E-state index is 0.413. The van der Waals surface area contributed by atoms with Crippen molar-refractivity contribution < 1.29 is 14.2 Å². The Bertz CT molecular complexity index is 948. The number of hydrogen-bond donors (Lipinski definition) is 2. The van der Waals surface area contributed by atoms with Crippen molar-refractivity contribution in [2.75, 3.05) is 45.6 Å². The standard InChI is InChI=1S/C26H39N5O3/c1-31(2)25-20-8-6-7-9-21(20)29-26(30-25)28-19-12-10-18(11-13-19)27-16-17-14-22(32-3)24(34-5)23(15-17)33-4/h14-15,18-19,27H,6-13,16H2,1-5H3,(H,28,29,30). The summed E-state index contributed by atoms with van der Waals surface area (Å²) in [5, 5.41) is 7.35. The highest BCUT2D eigenvalue weighted by Gasteiger charge is 2.24. The van der Waals surface area contributed by atoms with E-state index in [0.29, 0.717) is 29.3 Å². The van der Waals surface area contributed by atoms with Crippen molar-refractivity contribution in [3.05, 3.63) is 29.0 Å². The molecule has 4 rings (SSSR count). The quantitative estimate of drug-likeness (QED) is 0.571. The molecule has 0 amide bonds. The summed E-state index contributed by atoms with van der Waals surface area (Å²) >= 11 is 0. The first kappa shape index (κ1) is 24.4. The van der Waals surface area contributed by atoms with Gasteiger partial charge >= 0.3 is 0 Å². The maximum Gasteiger partial charge on any atom is 0.225 e. The van der Waals surface area contributed by atoms with Gasteiger partial charge in [0.1, 0.15) is 5.82 Å². The van der Waals surface area contributed by atoms with Gasteiger partial charge in [-0.2, -0.15) is 4.98 Å². The topological polar surface area (TPSA) is 80.8 Å². The van der Waals surface area contributed by atoms with Gasteiger partial charge in [-0.3, -0.25) is 0 Å². The number of methoxy groups -OCH3 is 3. The third-order valence-electron chi connectivity index (χ3n) is 6.96. The Morgan fingerprint density at radius 2 is 1.53 bits per heavy atom. The molecule has 0 radical (unpaired) electrons. The van der Waals surface area contributed by atoms with Gasteiger partial charge in [0, 0.05) is 38.3 Å². The summed E-state index contributed by atoms with van der Waals surface area (Å²) in [5.74, 6) is 3.87. The number of fused-ring (bicyclic) bond motifs is 1. The van der Waals surface area contributed by atoms with Crippen molar-refractivity contribution in [3.63, 3.8) is 0 Å². The molecule has 1 aromatic heterocycles. The third kappa shape index (κ3) is 5.49. The largest absolute Gasteiger partial charge is 0.493 e. The molecule has 0 atom stereocenters. The second-order valence-corrected chi connectivity index (χ2v) is 9.50. The lowest BCUT2D eigenvalue weighted by atomic mass is 9.91. The first-order valence-electron chi connectivity index (χ1n) is 12.4. The molecule has 0 saturated heterocycles. The van der Waals surface area contributed by atoms with E-state index in [1.165, 1.54) is 24.1 Å². The molecule has 1 heterocycles. The van der Waals surface area contributed by atoms with Crippen LogP contribution in [0.3, 0.4) is 0 Å². The van der Waals surface area contributed by atoms with Gasteiger partial charge in [0.15, 0.2) is 11.5 Å². The van der Waals surface area contributed by atoms with Crippen LogP contribution in [0.2, 0.25) is 0 Å². The molecule has 0 unspecified atom stereocenters. The summed E-state index contributed by atoms with van der Waals surface area (Å²) in [5.41, 5.74) is 3.68. The van der Waals surface area contributed by atoms with Gasteiger partial charge in [0.05, 0.1) is 27.0 Å². The Kier molecular flexibility index (Phi) is 7.98. The highest BCUT2D eigenvalue weighted by Crippen LogP contribution is 2.38. The van der Waals surface area contributed by atoms with Crippen LogP contribution in [0.4, 0.5) is 11.8 Å². The number of benzene rings is 1. The Morgan fingerprint density at radius 3 is 2.15 bits per heavy atom. The van der Waals surface area contributed by atoms with E-state index in [0.717, 1.165) is 62.4 Å². The second-order valence-electron chi connectivity index (χ2n) is 9.50. The molecular weight excluding hydrogens is 430 g/mol. The number of hydrogen-bond acceptors (Lipinski definition) is 8. The number of aryl methyl sites for hydroxylation is 1. The van der Waals surface area contributed by atoms with E-state index in [2.05, 4.69) is 29.6 Å². The van der Waals surface area contributed by atoms with Crippen LogP contribution in [0.5, 0.6) is 17.2 Å². The van der Waals surface area contributed by atoms with Crippen LogP contribution >= 0.6 is 0 Å². The van der Waals surface area contributed by atoms with E-state index in [1.54, 1.807) is 21.3 Å². The summed E-state index contributed by atoms with van der Waals surface area (Å²) < 4.78 is 16.4. The van der Waals surface area contributed by atoms with Gasteiger partial charge in [-0.15, -0.1) is 0 Å². The minimum Gasteiger partial charge on any atom is -0.493 e. The van der Waals surface area contributed by atoms with Crippen molar-refractivity contribution in [1.82, 2.24) is 15.3 Å². The van der Waals surface area contributed by atoms with Crippen LogP contribution in [0, 0.1) is 0 Å². The fourth-order valence-electron chi connectivity index (χ4n) is 5.13. The predicted molar refractivity (Wildman–Crippen MR) is 136 cm³/mol. The molecule has 0 bridgehead atoms. The number of anilines is 2. The monoisotopic (exact) mass is 469 g/mol. The molecule has 2 aliphatic rings. The zero-order valence-electron chi connectivity index (χ0n) is 21.2. The SMILES string of the molecule is COc1cc(CNC2CCC(Nc3nc4c(c(N(C)C)n3)CCCC4)CC2)cc(OC)c1OC. The minimum atomic E-state index is 0.413. The molecule has 2 aliphatic carbocycles. The van der Waals surface area contributed by atoms with Gasteiger partial charge < -0.3 is 29.7 Å². The molecule has 2 N–H and O–H groups in total. The van der Waals surface area contributed by atoms with Gasteiger partial charge in [-0.1, -0.05) is 0 Å². The van der Waals surface area contributed by atoms with Crippen molar-refractivity contribution in [3.8, 4) is 17.2 Å². The molecule has 8 heteroatoms. The molecular formula is C26H39N5O3. The first-order valence-corrected chi connectivity index (χ1v) is 12.4. The van der Waals surface area contributed by atoms with Gasteiger partial charge in [-0.05, 0) is 69.1 Å². The first-order chi connectivity index (χ1) is 16.5. The third-order valence-corrected chi connectivity index (χ3v) is 6.96. The van der Waals surface area contributed by atoms with E-state index in [4.69, 9.17) is 24.2 Å². The van der Waals surface area contributed by atoms with E-state index in [-0.39, 0.29) is 0 Å². The number of aromatic nitrogens is 2. The number of nitrogens with one attached hydrogen (secondary N) is 2. The van der Waals surface area contributed by atoms with Crippen LogP contribution in [-0.4, -0.2) is 57.5 Å². The van der Waals surface area contributed by atoms with Crippen molar-refractivity contribution >= 4 is 11.8 Å². The molecule has 0 aliphatic heterocycles. The van der Waals surface area contributed by atoms with E-state index in [1.807, 2.05) is 12.1 Å². The molecule has 34 heavy (non-hydrogen) atoms. The number of rotatable bonds is 9. The highest BCUT2D eigenvalue weighted by molar-refractivity contribution is 5.54. The zero-order chi connectivity index (χ0) is 24.1. The molecule has 8 nitrogen and oxygen atoms in total. The van der Waals surface area contributed by atoms with Crippen LogP contribution in [0.1, 0.15) is 55.3 Å². The summed E-state index contributed by atoms with van der Waals surface area (Å²) in [6, 6.07) is 4.92. The lowest BCUT2D eigenvalue weighted by Gasteiger charge is -2.30. The fourth-order valence-corrected chi connectivity index (χ4v) is 5.13. The van der Waals surface area contributed by atoms with E-state index in [9.17, 15) is 0 Å². The highest BCUT2D eigenvalue weighted by atomic mass is 16.5.